The van der Waals surface area contributed by atoms with Gasteiger partial charge in [0.05, 0.1) is 24.8 Å². The monoisotopic (exact) mass is 343 g/mol. The lowest BCUT2D eigenvalue weighted by atomic mass is 9.75. The van der Waals surface area contributed by atoms with Crippen LogP contribution in [0.15, 0.2) is 41.5 Å². The highest BCUT2D eigenvalue weighted by molar-refractivity contribution is 5.94. The fraction of sp³-hybridized carbons (Fsp3) is 0.389. The normalized spacial score (nSPS) is 20.4. The second kappa shape index (κ2) is 7.06. The molecule has 1 aliphatic rings. The van der Waals surface area contributed by atoms with Crippen LogP contribution < -0.4 is 15.6 Å². The molecular formula is C18H21N3O4. The topological polar surface area (TPSA) is 93.5 Å². The van der Waals surface area contributed by atoms with Crippen molar-refractivity contribution in [3.8, 4) is 5.88 Å². The molecule has 2 heterocycles. The molecule has 132 valence electrons. The number of rotatable bonds is 5. The van der Waals surface area contributed by atoms with Crippen molar-refractivity contribution in [2.24, 2.45) is 13.0 Å². The van der Waals surface area contributed by atoms with Crippen LogP contribution in [0.3, 0.4) is 0 Å². The summed E-state index contributed by atoms with van der Waals surface area (Å²) in [5.41, 5.74) is 1.10. The Morgan fingerprint density at radius 1 is 1.36 bits per heavy atom. The van der Waals surface area contributed by atoms with Crippen molar-refractivity contribution in [1.82, 2.24) is 14.9 Å². The number of aliphatic hydroxyl groups excluding tert-OH is 1. The number of aliphatic hydroxyl groups is 1. The number of hydrogen-bond donors (Lipinski definition) is 2. The molecule has 1 aliphatic carbocycles. The summed E-state index contributed by atoms with van der Waals surface area (Å²) in [6.45, 7) is 0. The molecule has 0 bridgehead atoms. The van der Waals surface area contributed by atoms with Gasteiger partial charge >= 0.3 is 0 Å². The molecule has 0 aromatic carbocycles. The Labute approximate surface area is 145 Å². The Balaban J connectivity index is 1.82. The van der Waals surface area contributed by atoms with Crippen LogP contribution in [0.5, 0.6) is 5.88 Å². The molecule has 7 nitrogen and oxygen atoms in total. The molecule has 1 fully saturated rings. The Morgan fingerprint density at radius 3 is 2.68 bits per heavy atom. The smallest absolute Gasteiger partial charge is 0.253 e. The third-order valence-electron chi connectivity index (χ3n) is 4.58. The molecule has 3 rings (SSSR count). The van der Waals surface area contributed by atoms with Crippen molar-refractivity contribution in [3.63, 3.8) is 0 Å². The minimum Gasteiger partial charge on any atom is -0.481 e. The average Bonchev–Trinajstić information content (AvgIpc) is 2.59. The fourth-order valence-corrected chi connectivity index (χ4v) is 3.02. The fourth-order valence-electron chi connectivity index (χ4n) is 3.02. The molecule has 0 spiro atoms. The molecule has 0 radical (unpaired) electrons. The molecule has 0 aliphatic heterocycles. The molecule has 25 heavy (non-hydrogen) atoms. The Bertz CT molecular complexity index is 810. The van der Waals surface area contributed by atoms with Gasteiger partial charge < -0.3 is 19.7 Å². The molecule has 1 atom stereocenters. The van der Waals surface area contributed by atoms with E-state index >= 15 is 0 Å². The molecule has 1 saturated carbocycles. The van der Waals surface area contributed by atoms with Gasteiger partial charge in [-0.3, -0.25) is 9.59 Å². The summed E-state index contributed by atoms with van der Waals surface area (Å²) in [7, 11) is 3.15. The zero-order valence-corrected chi connectivity index (χ0v) is 14.2. The van der Waals surface area contributed by atoms with Crippen molar-refractivity contribution in [1.29, 1.82) is 0 Å². The zero-order valence-electron chi connectivity index (χ0n) is 14.2. The maximum Gasteiger partial charge on any atom is 0.253 e. The standard InChI is InChI=1S/C18H21N3O4/c1-21-10-12(4-6-16(21)23)18(24)20-17(13-7-14(22)8-13)11-3-5-15(25-2)19-9-11/h3-6,9-10,13-14,17,22H,7-8H2,1-2H3,(H,20,24)/t13?,14?,17-/m0/s1. The van der Waals surface area contributed by atoms with Crippen molar-refractivity contribution in [2.75, 3.05) is 7.11 Å². The van der Waals surface area contributed by atoms with Crippen LogP contribution in [-0.4, -0.2) is 33.8 Å². The number of methoxy groups -OCH3 is 1. The Hall–Kier alpha value is -2.67. The van der Waals surface area contributed by atoms with Gasteiger partial charge in [0, 0.05) is 31.6 Å². The molecule has 1 amide bonds. The molecule has 0 saturated heterocycles. The molecule has 7 heteroatoms. The summed E-state index contributed by atoms with van der Waals surface area (Å²) in [6.07, 6.45) is 4.12. The maximum atomic E-state index is 12.6. The number of ether oxygens (including phenoxy) is 1. The predicted molar refractivity (Wildman–Crippen MR) is 91.4 cm³/mol. The third kappa shape index (κ3) is 3.71. The molecule has 0 unspecified atom stereocenters. The highest BCUT2D eigenvalue weighted by atomic mass is 16.5. The van der Waals surface area contributed by atoms with Gasteiger partial charge in [-0.05, 0) is 30.4 Å². The number of pyridine rings is 2. The minimum atomic E-state index is -0.326. The van der Waals surface area contributed by atoms with Crippen LogP contribution in [0.1, 0.15) is 34.8 Å². The van der Waals surface area contributed by atoms with Crippen LogP contribution in [0.4, 0.5) is 0 Å². The van der Waals surface area contributed by atoms with Crippen molar-refractivity contribution >= 4 is 5.91 Å². The van der Waals surface area contributed by atoms with Crippen molar-refractivity contribution in [3.05, 3.63) is 58.1 Å². The number of aryl methyl sites for hydroxylation is 1. The van der Waals surface area contributed by atoms with E-state index in [1.165, 1.54) is 22.9 Å². The zero-order chi connectivity index (χ0) is 18.0. The van der Waals surface area contributed by atoms with Gasteiger partial charge in [-0.2, -0.15) is 0 Å². The number of carbonyl (C=O) groups excluding carboxylic acids is 1. The van der Waals surface area contributed by atoms with E-state index < -0.39 is 0 Å². The van der Waals surface area contributed by atoms with Crippen LogP contribution in [-0.2, 0) is 7.05 Å². The number of amides is 1. The lowest BCUT2D eigenvalue weighted by Gasteiger charge is -2.38. The van der Waals surface area contributed by atoms with E-state index in [1.54, 1.807) is 26.4 Å². The first-order chi connectivity index (χ1) is 12.0. The van der Waals surface area contributed by atoms with E-state index in [1.807, 2.05) is 6.07 Å². The van der Waals surface area contributed by atoms with Gasteiger partial charge in [-0.25, -0.2) is 4.98 Å². The van der Waals surface area contributed by atoms with Crippen LogP contribution in [0.25, 0.3) is 0 Å². The highest BCUT2D eigenvalue weighted by Crippen LogP contribution is 2.38. The van der Waals surface area contributed by atoms with E-state index in [0.29, 0.717) is 24.3 Å². The highest BCUT2D eigenvalue weighted by Gasteiger charge is 2.36. The summed E-state index contributed by atoms with van der Waals surface area (Å²) in [5, 5.41) is 12.6. The quantitative estimate of drug-likeness (QED) is 0.846. The van der Waals surface area contributed by atoms with E-state index in [4.69, 9.17) is 4.74 Å². The van der Waals surface area contributed by atoms with Crippen molar-refractivity contribution < 1.29 is 14.6 Å². The Morgan fingerprint density at radius 2 is 2.12 bits per heavy atom. The Kier molecular flexibility index (Phi) is 4.85. The molecule has 2 aromatic heterocycles. The van der Waals surface area contributed by atoms with Crippen LogP contribution in [0.2, 0.25) is 0 Å². The van der Waals surface area contributed by atoms with Gasteiger partial charge in [-0.1, -0.05) is 6.07 Å². The lowest BCUT2D eigenvalue weighted by Crippen LogP contribution is -2.41. The van der Waals surface area contributed by atoms with E-state index in [-0.39, 0.29) is 29.5 Å². The molecule has 2 N–H and O–H groups in total. The summed E-state index contributed by atoms with van der Waals surface area (Å²) < 4.78 is 6.44. The largest absolute Gasteiger partial charge is 0.481 e. The van der Waals surface area contributed by atoms with Crippen LogP contribution in [0, 0.1) is 5.92 Å². The number of nitrogens with zero attached hydrogens (tertiary/aromatic N) is 2. The van der Waals surface area contributed by atoms with E-state index in [9.17, 15) is 14.7 Å². The van der Waals surface area contributed by atoms with E-state index in [0.717, 1.165) is 5.56 Å². The molecule has 2 aromatic rings. The second-order valence-corrected chi connectivity index (χ2v) is 6.34. The van der Waals surface area contributed by atoms with Gasteiger partial charge in [0.25, 0.3) is 5.91 Å². The van der Waals surface area contributed by atoms with Gasteiger partial charge in [0.1, 0.15) is 0 Å². The number of carbonyl (C=O) groups is 1. The summed E-state index contributed by atoms with van der Waals surface area (Å²) in [4.78, 5) is 28.3. The number of nitrogens with one attached hydrogen (secondary N) is 1. The van der Waals surface area contributed by atoms with Gasteiger partial charge in [0.15, 0.2) is 0 Å². The summed E-state index contributed by atoms with van der Waals surface area (Å²) in [5.74, 6) is 0.375. The van der Waals surface area contributed by atoms with E-state index in [2.05, 4.69) is 10.3 Å². The van der Waals surface area contributed by atoms with Gasteiger partial charge in [-0.15, -0.1) is 0 Å². The average molecular weight is 343 g/mol. The van der Waals surface area contributed by atoms with Crippen LogP contribution >= 0.6 is 0 Å². The van der Waals surface area contributed by atoms with Crippen molar-refractivity contribution in [2.45, 2.75) is 25.0 Å². The number of aromatic nitrogens is 2. The third-order valence-corrected chi connectivity index (χ3v) is 4.58. The SMILES string of the molecule is COc1ccc([C@H](NC(=O)c2ccc(=O)n(C)c2)C2CC(O)C2)cn1. The summed E-state index contributed by atoms with van der Waals surface area (Å²) >= 11 is 0. The maximum absolute atomic E-state index is 12.6. The molecular weight excluding hydrogens is 322 g/mol. The first-order valence-electron chi connectivity index (χ1n) is 8.13. The first-order valence-corrected chi connectivity index (χ1v) is 8.13. The lowest BCUT2D eigenvalue weighted by molar-refractivity contribution is 0.0234. The number of hydrogen-bond acceptors (Lipinski definition) is 5. The first kappa shape index (κ1) is 17.2. The second-order valence-electron chi connectivity index (χ2n) is 6.34. The minimum absolute atomic E-state index is 0.140. The summed E-state index contributed by atoms with van der Waals surface area (Å²) in [6, 6.07) is 6.23. The predicted octanol–water partition coefficient (Wildman–Crippen LogP) is 1.03. The van der Waals surface area contributed by atoms with Gasteiger partial charge in [0.2, 0.25) is 11.4 Å².